The van der Waals surface area contributed by atoms with E-state index in [1.165, 1.54) is 36.5 Å². The predicted molar refractivity (Wildman–Crippen MR) is 97.5 cm³/mol. The van der Waals surface area contributed by atoms with Crippen LogP contribution in [0.1, 0.15) is 36.9 Å². The van der Waals surface area contributed by atoms with Crippen LogP contribution >= 0.6 is 15.9 Å². The summed E-state index contributed by atoms with van der Waals surface area (Å²) in [6.07, 6.45) is 3.64. The van der Waals surface area contributed by atoms with Gasteiger partial charge in [-0.25, -0.2) is 4.68 Å². The zero-order valence-corrected chi connectivity index (χ0v) is 15.1. The van der Waals surface area contributed by atoms with Crippen LogP contribution in [0.3, 0.4) is 0 Å². The van der Waals surface area contributed by atoms with E-state index in [9.17, 15) is 0 Å². The first-order chi connectivity index (χ1) is 11.3. The van der Waals surface area contributed by atoms with Crippen LogP contribution in [0.15, 0.2) is 28.7 Å². The van der Waals surface area contributed by atoms with E-state index < -0.39 is 0 Å². The monoisotopic (exact) mass is 374 g/mol. The van der Waals surface area contributed by atoms with E-state index in [0.29, 0.717) is 5.92 Å². The molecule has 0 spiro atoms. The predicted octanol–water partition coefficient (Wildman–Crippen LogP) is 3.80. The molecule has 2 aromatic rings. The first-order valence-corrected chi connectivity index (χ1v) is 9.39. The van der Waals surface area contributed by atoms with E-state index in [2.05, 4.69) is 62.0 Å². The summed E-state index contributed by atoms with van der Waals surface area (Å²) in [5, 5.41) is 8.59. The molecule has 1 atom stereocenters. The minimum Gasteiger partial charge on any atom is -0.369 e. The Balaban J connectivity index is 1.73. The highest BCUT2D eigenvalue weighted by atomic mass is 79.9. The average molecular weight is 375 g/mol. The van der Waals surface area contributed by atoms with E-state index in [0.717, 1.165) is 36.2 Å². The van der Waals surface area contributed by atoms with E-state index in [-0.39, 0.29) is 0 Å². The second-order valence-corrected chi connectivity index (χ2v) is 7.43. The lowest BCUT2D eigenvalue weighted by molar-refractivity contribution is 0.215. The summed E-state index contributed by atoms with van der Waals surface area (Å²) in [5.41, 5.74) is 3.88. The highest BCUT2D eigenvalue weighted by Crippen LogP contribution is 2.36. The van der Waals surface area contributed by atoms with Crippen molar-refractivity contribution < 1.29 is 0 Å². The van der Waals surface area contributed by atoms with Crippen molar-refractivity contribution in [1.29, 1.82) is 0 Å². The van der Waals surface area contributed by atoms with E-state index in [1.54, 1.807) is 0 Å². The fraction of sp³-hybridized carbons (Fsp3) is 0.500. The van der Waals surface area contributed by atoms with Gasteiger partial charge < -0.3 is 10.2 Å². The number of benzene rings is 1. The van der Waals surface area contributed by atoms with Gasteiger partial charge in [0.1, 0.15) is 5.82 Å². The molecule has 0 saturated carbocycles. The summed E-state index contributed by atoms with van der Waals surface area (Å²) in [4.78, 5) is 2.56. The minimum absolute atomic E-state index is 0.575. The van der Waals surface area contributed by atoms with Crippen LogP contribution in [-0.2, 0) is 6.42 Å². The van der Waals surface area contributed by atoms with Gasteiger partial charge in [-0.3, -0.25) is 0 Å². The van der Waals surface area contributed by atoms with Crippen LogP contribution in [0.4, 0.5) is 5.82 Å². The van der Waals surface area contributed by atoms with Crippen molar-refractivity contribution in [3.05, 3.63) is 40.0 Å². The standard InChI is InChI=1S/C18H23BrN4/c1-2-22-10-4-5-13(12-22)17-16-8-9-20-18(16)23(21-17)15-7-3-6-14(19)11-15/h3,6-7,11,13,20H,2,4-5,8-10,12H2,1H3. The number of likely N-dealkylation sites (N-methyl/N-ethyl adjacent to an activating group) is 1. The van der Waals surface area contributed by atoms with Crippen molar-refractivity contribution in [2.45, 2.75) is 32.1 Å². The van der Waals surface area contributed by atoms with E-state index >= 15 is 0 Å². The molecule has 0 bridgehead atoms. The van der Waals surface area contributed by atoms with Crippen molar-refractivity contribution in [2.75, 3.05) is 31.5 Å². The molecule has 0 amide bonds. The first kappa shape index (κ1) is 15.2. The van der Waals surface area contributed by atoms with Gasteiger partial charge in [0.15, 0.2) is 0 Å². The van der Waals surface area contributed by atoms with Crippen molar-refractivity contribution in [1.82, 2.24) is 14.7 Å². The molecule has 1 N–H and O–H groups in total. The third-order valence-electron chi connectivity index (χ3n) is 5.07. The molecule has 0 radical (unpaired) electrons. The number of hydrogen-bond donors (Lipinski definition) is 1. The van der Waals surface area contributed by atoms with Gasteiger partial charge in [0.2, 0.25) is 0 Å². The third-order valence-corrected chi connectivity index (χ3v) is 5.57. The maximum absolute atomic E-state index is 5.04. The molecular weight excluding hydrogens is 352 g/mol. The number of fused-ring (bicyclic) bond motifs is 1. The Hall–Kier alpha value is -1.33. The Morgan fingerprint density at radius 1 is 1.39 bits per heavy atom. The first-order valence-electron chi connectivity index (χ1n) is 8.60. The molecule has 2 aliphatic rings. The second-order valence-electron chi connectivity index (χ2n) is 6.51. The highest BCUT2D eigenvalue weighted by molar-refractivity contribution is 9.10. The molecule has 1 aromatic carbocycles. The van der Waals surface area contributed by atoms with E-state index in [1.807, 2.05) is 0 Å². The molecule has 23 heavy (non-hydrogen) atoms. The summed E-state index contributed by atoms with van der Waals surface area (Å²) in [6.45, 7) is 6.81. The van der Waals surface area contributed by atoms with Crippen LogP contribution in [0.25, 0.3) is 5.69 Å². The van der Waals surface area contributed by atoms with Gasteiger partial charge in [-0.2, -0.15) is 5.10 Å². The quantitative estimate of drug-likeness (QED) is 0.886. The molecule has 1 fully saturated rings. The van der Waals surface area contributed by atoms with Crippen LogP contribution in [-0.4, -0.2) is 40.9 Å². The topological polar surface area (TPSA) is 33.1 Å². The molecule has 3 heterocycles. The molecule has 1 unspecified atom stereocenters. The number of likely N-dealkylation sites (tertiary alicyclic amines) is 1. The maximum Gasteiger partial charge on any atom is 0.133 e. The van der Waals surface area contributed by atoms with Crippen LogP contribution in [0.2, 0.25) is 0 Å². The Bertz CT molecular complexity index is 709. The molecule has 122 valence electrons. The van der Waals surface area contributed by atoms with E-state index in [4.69, 9.17) is 5.10 Å². The smallest absolute Gasteiger partial charge is 0.133 e. The summed E-state index contributed by atoms with van der Waals surface area (Å²) < 4.78 is 3.20. The van der Waals surface area contributed by atoms with Gasteiger partial charge in [0.05, 0.1) is 11.4 Å². The van der Waals surface area contributed by atoms with Gasteiger partial charge in [-0.05, 0) is 50.6 Å². The highest BCUT2D eigenvalue weighted by Gasteiger charge is 2.30. The van der Waals surface area contributed by atoms with Crippen molar-refractivity contribution >= 4 is 21.7 Å². The number of aromatic nitrogens is 2. The molecule has 2 aliphatic heterocycles. The van der Waals surface area contributed by atoms with Crippen molar-refractivity contribution in [3.8, 4) is 5.69 Å². The van der Waals surface area contributed by atoms with Crippen molar-refractivity contribution in [2.24, 2.45) is 0 Å². The number of nitrogens with one attached hydrogen (secondary N) is 1. The second kappa shape index (κ2) is 6.29. The average Bonchev–Trinajstić information content (AvgIpc) is 3.17. The molecule has 4 nitrogen and oxygen atoms in total. The zero-order chi connectivity index (χ0) is 15.8. The molecule has 1 saturated heterocycles. The largest absolute Gasteiger partial charge is 0.369 e. The van der Waals surface area contributed by atoms with Gasteiger partial charge in [0.25, 0.3) is 0 Å². The van der Waals surface area contributed by atoms with Crippen LogP contribution in [0, 0.1) is 0 Å². The number of rotatable bonds is 3. The Morgan fingerprint density at radius 3 is 3.13 bits per heavy atom. The molecule has 4 rings (SSSR count). The lowest BCUT2D eigenvalue weighted by atomic mass is 9.92. The molecule has 5 heteroatoms. The third kappa shape index (κ3) is 2.81. The van der Waals surface area contributed by atoms with Crippen LogP contribution in [0.5, 0.6) is 0 Å². The lowest BCUT2D eigenvalue weighted by Gasteiger charge is -2.31. The summed E-state index contributed by atoms with van der Waals surface area (Å²) in [7, 11) is 0. The minimum atomic E-state index is 0.575. The number of anilines is 1. The molecule has 0 aliphatic carbocycles. The van der Waals surface area contributed by atoms with Gasteiger partial charge in [-0.1, -0.05) is 28.9 Å². The zero-order valence-electron chi connectivity index (χ0n) is 13.6. The maximum atomic E-state index is 5.04. The van der Waals surface area contributed by atoms with Gasteiger partial charge >= 0.3 is 0 Å². The number of halogens is 1. The molecular formula is C18H23BrN4. The summed E-state index contributed by atoms with van der Waals surface area (Å²) >= 11 is 3.57. The number of nitrogens with zero attached hydrogens (tertiary/aromatic N) is 3. The Kier molecular flexibility index (Phi) is 4.16. The number of hydrogen-bond acceptors (Lipinski definition) is 3. The summed E-state index contributed by atoms with van der Waals surface area (Å²) in [5.74, 6) is 1.78. The lowest BCUT2D eigenvalue weighted by Crippen LogP contribution is -2.34. The van der Waals surface area contributed by atoms with Gasteiger partial charge in [0, 0.05) is 29.0 Å². The Morgan fingerprint density at radius 2 is 2.30 bits per heavy atom. The number of piperidine rings is 1. The van der Waals surface area contributed by atoms with Crippen molar-refractivity contribution in [3.63, 3.8) is 0 Å². The SMILES string of the molecule is CCN1CCCC(c2nn(-c3cccc(Br)c3)c3c2CCN3)C1. The normalized spacial score (nSPS) is 21.2. The fourth-order valence-corrected chi connectivity index (χ4v) is 4.28. The van der Waals surface area contributed by atoms with Gasteiger partial charge in [-0.15, -0.1) is 0 Å². The van der Waals surface area contributed by atoms with Crippen LogP contribution < -0.4 is 5.32 Å². The Labute approximate surface area is 146 Å². The fourth-order valence-electron chi connectivity index (χ4n) is 3.89. The molecule has 1 aromatic heterocycles. The summed E-state index contributed by atoms with van der Waals surface area (Å²) in [6, 6.07) is 8.39.